The zero-order valence-electron chi connectivity index (χ0n) is 20.5. The number of hydrogen-bond donors (Lipinski definition) is 5. The standard InChI is InChI=1S/C27H30N2O7/c1-4-5-6-7-8-13-9-10-17(30)19-15(13)11-14-12-16-21(29(2)3)23(32)20(26(28)35)25(34)27(16,36)24(33)18(14)22(19)31/h9-10,14,16,21,30-31,34,36H,4-6,11-12H2,1-3H3,(H2,28,35)/t14-,16-,21-,27+/m1/s1. The molecule has 4 atom stereocenters. The van der Waals surface area contributed by atoms with Crippen LogP contribution in [0.5, 0.6) is 5.75 Å². The molecule has 3 aliphatic carbocycles. The SMILES string of the molecule is CCCCC#Cc1ccc(O)c2c1C[C@@H]1C[C@@H]3[C@@H](N(C)C)C(=O)C(C(N)=O)=C(O)[C@@]3(O)C(=O)C1=C2O. The van der Waals surface area contributed by atoms with Crippen LogP contribution in [0.2, 0.25) is 0 Å². The van der Waals surface area contributed by atoms with Crippen LogP contribution < -0.4 is 5.73 Å². The molecule has 0 aromatic heterocycles. The second-order valence-corrected chi connectivity index (χ2v) is 9.85. The molecular formula is C27H30N2O7. The van der Waals surface area contributed by atoms with Gasteiger partial charge in [-0.25, -0.2) is 0 Å². The van der Waals surface area contributed by atoms with Gasteiger partial charge in [0.25, 0.3) is 5.91 Å². The maximum atomic E-state index is 13.8. The van der Waals surface area contributed by atoms with Gasteiger partial charge in [-0.3, -0.25) is 19.3 Å². The van der Waals surface area contributed by atoms with Crippen molar-refractivity contribution in [3.05, 3.63) is 45.7 Å². The van der Waals surface area contributed by atoms with E-state index in [1.165, 1.54) is 11.0 Å². The number of nitrogens with two attached hydrogens (primary N) is 1. The number of ketones is 2. The van der Waals surface area contributed by atoms with Crippen molar-refractivity contribution in [3.63, 3.8) is 0 Å². The molecule has 0 saturated heterocycles. The maximum absolute atomic E-state index is 13.8. The summed E-state index contributed by atoms with van der Waals surface area (Å²) in [5, 5.41) is 44.2. The van der Waals surface area contributed by atoms with Crippen molar-refractivity contribution in [3.8, 4) is 17.6 Å². The molecule has 0 radical (unpaired) electrons. The first-order valence-corrected chi connectivity index (χ1v) is 11.9. The lowest BCUT2D eigenvalue weighted by Crippen LogP contribution is -2.65. The molecule has 0 spiro atoms. The number of primary amides is 1. The van der Waals surface area contributed by atoms with Crippen LogP contribution in [0.3, 0.4) is 0 Å². The Balaban J connectivity index is 1.91. The second-order valence-electron chi connectivity index (χ2n) is 9.85. The predicted molar refractivity (Wildman–Crippen MR) is 131 cm³/mol. The molecule has 36 heavy (non-hydrogen) atoms. The number of nitrogens with zero attached hydrogens (tertiary/aromatic N) is 1. The molecule has 0 aliphatic heterocycles. The van der Waals surface area contributed by atoms with E-state index in [4.69, 9.17) is 5.73 Å². The maximum Gasteiger partial charge on any atom is 0.255 e. The number of benzene rings is 1. The van der Waals surface area contributed by atoms with Crippen molar-refractivity contribution in [2.24, 2.45) is 17.6 Å². The zero-order chi connectivity index (χ0) is 26.5. The molecule has 4 rings (SSSR count). The Hall–Kier alpha value is -3.61. The van der Waals surface area contributed by atoms with E-state index in [1.807, 2.05) is 0 Å². The fraction of sp³-hybridized carbons (Fsp3) is 0.444. The summed E-state index contributed by atoms with van der Waals surface area (Å²) < 4.78 is 0. The molecule has 190 valence electrons. The van der Waals surface area contributed by atoms with Crippen molar-refractivity contribution in [2.75, 3.05) is 14.1 Å². The minimum atomic E-state index is -2.64. The summed E-state index contributed by atoms with van der Waals surface area (Å²) in [6.45, 7) is 2.06. The van der Waals surface area contributed by atoms with E-state index >= 15 is 0 Å². The van der Waals surface area contributed by atoms with Crippen LogP contribution in [0.25, 0.3) is 5.76 Å². The smallest absolute Gasteiger partial charge is 0.255 e. The number of aliphatic hydroxyl groups excluding tert-OH is 2. The van der Waals surface area contributed by atoms with Crippen molar-refractivity contribution in [1.29, 1.82) is 0 Å². The van der Waals surface area contributed by atoms with Gasteiger partial charge in [-0.15, -0.1) is 0 Å². The Morgan fingerprint density at radius 1 is 1.22 bits per heavy atom. The number of likely N-dealkylation sites (N-methyl/N-ethyl adjacent to an activating group) is 1. The van der Waals surface area contributed by atoms with Gasteiger partial charge in [-0.05, 0) is 57.0 Å². The highest BCUT2D eigenvalue weighted by Crippen LogP contribution is 2.52. The molecule has 9 nitrogen and oxygen atoms in total. The second kappa shape index (κ2) is 9.12. The quantitative estimate of drug-likeness (QED) is 0.239. The topological polar surface area (TPSA) is 161 Å². The van der Waals surface area contributed by atoms with Crippen LogP contribution in [0.4, 0.5) is 0 Å². The van der Waals surface area contributed by atoms with Gasteiger partial charge in [0, 0.05) is 23.5 Å². The van der Waals surface area contributed by atoms with Crippen LogP contribution in [0.15, 0.2) is 29.0 Å². The highest BCUT2D eigenvalue weighted by molar-refractivity contribution is 6.24. The summed E-state index contributed by atoms with van der Waals surface area (Å²) in [6, 6.07) is 1.93. The third kappa shape index (κ3) is 3.60. The third-order valence-corrected chi connectivity index (χ3v) is 7.48. The van der Waals surface area contributed by atoms with Crippen molar-refractivity contribution in [1.82, 2.24) is 4.90 Å². The number of carbonyl (C=O) groups excluding carboxylic acids is 3. The third-order valence-electron chi connectivity index (χ3n) is 7.48. The molecule has 3 aliphatic rings. The van der Waals surface area contributed by atoms with E-state index in [1.54, 1.807) is 20.2 Å². The predicted octanol–water partition coefficient (Wildman–Crippen LogP) is 1.51. The van der Waals surface area contributed by atoms with Gasteiger partial charge in [0.1, 0.15) is 22.8 Å². The lowest BCUT2D eigenvalue weighted by molar-refractivity contribution is -0.153. The number of aromatic hydroxyl groups is 1. The number of rotatable bonds is 4. The Labute approximate surface area is 208 Å². The van der Waals surface area contributed by atoms with Crippen LogP contribution in [-0.4, -0.2) is 68.5 Å². The zero-order valence-corrected chi connectivity index (χ0v) is 20.5. The number of unbranched alkanes of at least 4 members (excludes halogenated alkanes) is 2. The van der Waals surface area contributed by atoms with Crippen LogP contribution >= 0.6 is 0 Å². The highest BCUT2D eigenvalue weighted by Gasteiger charge is 2.64. The van der Waals surface area contributed by atoms with E-state index in [-0.39, 0.29) is 29.7 Å². The molecule has 9 heteroatoms. The largest absolute Gasteiger partial charge is 0.508 e. The molecule has 0 heterocycles. The number of hydrogen-bond acceptors (Lipinski definition) is 8. The first-order chi connectivity index (χ1) is 17.0. The molecule has 1 saturated carbocycles. The number of Topliss-reactive ketones (excluding diaryl/α,β-unsaturated/α-hetero) is 2. The average molecular weight is 495 g/mol. The Bertz CT molecular complexity index is 1300. The number of phenols is 1. The van der Waals surface area contributed by atoms with E-state index in [2.05, 4.69) is 18.8 Å². The van der Waals surface area contributed by atoms with Crippen LogP contribution in [0, 0.1) is 23.7 Å². The van der Waals surface area contributed by atoms with Gasteiger partial charge < -0.3 is 26.2 Å². The monoisotopic (exact) mass is 494 g/mol. The van der Waals surface area contributed by atoms with Gasteiger partial charge in [0.2, 0.25) is 5.78 Å². The summed E-state index contributed by atoms with van der Waals surface area (Å²) >= 11 is 0. The van der Waals surface area contributed by atoms with Crippen molar-refractivity contribution < 1.29 is 34.8 Å². The summed E-state index contributed by atoms with van der Waals surface area (Å²) in [4.78, 5) is 40.4. The molecule has 1 aromatic carbocycles. The van der Waals surface area contributed by atoms with Crippen LogP contribution in [0.1, 0.15) is 49.3 Å². The molecular weight excluding hydrogens is 464 g/mol. The van der Waals surface area contributed by atoms with E-state index < -0.39 is 58.0 Å². The molecule has 6 N–H and O–H groups in total. The first-order valence-electron chi connectivity index (χ1n) is 11.9. The van der Waals surface area contributed by atoms with Gasteiger partial charge in [0.05, 0.1) is 11.6 Å². The Kier molecular flexibility index (Phi) is 6.45. The first kappa shape index (κ1) is 25.5. The normalized spacial score (nSPS) is 27.3. The van der Waals surface area contributed by atoms with E-state index in [9.17, 15) is 34.8 Å². The number of carbonyl (C=O) groups is 3. The lowest BCUT2D eigenvalue weighted by atomic mass is 9.57. The number of amides is 1. The highest BCUT2D eigenvalue weighted by atomic mass is 16.3. The minimum Gasteiger partial charge on any atom is -0.508 e. The number of phenolic OH excluding ortho intramolecular Hbond substituents is 1. The lowest BCUT2D eigenvalue weighted by Gasteiger charge is -2.50. The fourth-order valence-corrected chi connectivity index (χ4v) is 5.78. The van der Waals surface area contributed by atoms with Gasteiger partial charge in [0.15, 0.2) is 11.4 Å². The molecule has 1 amide bonds. The van der Waals surface area contributed by atoms with E-state index in [0.29, 0.717) is 17.5 Å². The molecule has 0 bridgehead atoms. The number of fused-ring (bicyclic) bond motifs is 3. The van der Waals surface area contributed by atoms with Crippen LogP contribution in [-0.2, 0) is 20.8 Å². The fourth-order valence-electron chi connectivity index (χ4n) is 5.78. The van der Waals surface area contributed by atoms with Gasteiger partial charge in [-0.1, -0.05) is 25.2 Å². The minimum absolute atomic E-state index is 0.0458. The summed E-state index contributed by atoms with van der Waals surface area (Å²) in [5.74, 6) is -0.460. The summed E-state index contributed by atoms with van der Waals surface area (Å²) in [7, 11) is 3.13. The average Bonchev–Trinajstić information content (AvgIpc) is 2.80. The van der Waals surface area contributed by atoms with Gasteiger partial charge in [-0.2, -0.15) is 0 Å². The molecule has 1 fully saturated rings. The van der Waals surface area contributed by atoms with Crippen molar-refractivity contribution in [2.45, 2.75) is 50.7 Å². The Morgan fingerprint density at radius 2 is 1.92 bits per heavy atom. The number of aliphatic hydroxyl groups is 3. The van der Waals surface area contributed by atoms with E-state index in [0.717, 1.165) is 12.8 Å². The summed E-state index contributed by atoms with van der Waals surface area (Å²) in [6.07, 6.45) is 2.89. The molecule has 0 unspecified atom stereocenters. The summed E-state index contributed by atoms with van der Waals surface area (Å²) in [5.41, 5.74) is 2.92. The van der Waals surface area contributed by atoms with Gasteiger partial charge >= 0.3 is 0 Å². The van der Waals surface area contributed by atoms with Crippen molar-refractivity contribution >= 4 is 23.2 Å². The Morgan fingerprint density at radius 3 is 2.53 bits per heavy atom. The molecule has 1 aromatic rings.